The quantitative estimate of drug-likeness (QED) is 0.469. The Bertz CT molecular complexity index is 383. The van der Waals surface area contributed by atoms with Crippen molar-refractivity contribution in [1.29, 1.82) is 0 Å². The second-order valence-corrected chi connectivity index (χ2v) is 4.21. The first-order valence-electron chi connectivity index (χ1n) is 4.87. The van der Waals surface area contributed by atoms with Crippen LogP contribution >= 0.6 is 23.7 Å². The van der Waals surface area contributed by atoms with Gasteiger partial charge in [0, 0.05) is 12.6 Å². The third-order valence-corrected chi connectivity index (χ3v) is 2.95. The Labute approximate surface area is 109 Å². The Morgan fingerprint density at radius 3 is 2.71 bits per heavy atom. The van der Waals surface area contributed by atoms with Crippen molar-refractivity contribution in [1.82, 2.24) is 5.32 Å². The average Bonchev–Trinajstić information content (AvgIpc) is 2.73. The summed E-state index contributed by atoms with van der Waals surface area (Å²) >= 11 is 0.877. The summed E-state index contributed by atoms with van der Waals surface area (Å²) in [5.41, 5.74) is 5.31. The summed E-state index contributed by atoms with van der Waals surface area (Å²) in [6.07, 6.45) is 1.67. The molecule has 0 fully saturated rings. The summed E-state index contributed by atoms with van der Waals surface area (Å²) in [6.45, 7) is 1.14. The highest BCUT2D eigenvalue weighted by Crippen LogP contribution is 2.23. The van der Waals surface area contributed by atoms with Crippen LogP contribution in [0.25, 0.3) is 0 Å². The monoisotopic (exact) mass is 279 g/mol. The highest BCUT2D eigenvalue weighted by Gasteiger charge is 2.14. The molecule has 0 saturated heterocycles. The number of thiophene rings is 1. The van der Waals surface area contributed by atoms with Gasteiger partial charge in [0.05, 0.1) is 9.80 Å². The Morgan fingerprint density at radius 2 is 2.18 bits per heavy atom. The summed E-state index contributed by atoms with van der Waals surface area (Å²) < 4.78 is 0. The highest BCUT2D eigenvalue weighted by molar-refractivity contribution is 7.17. The maximum Gasteiger partial charge on any atom is 0.324 e. The number of halogens is 1. The second kappa shape index (κ2) is 7.99. The molecular weight excluding hydrogens is 266 g/mol. The maximum atomic E-state index is 11.5. The predicted octanol–water partition coefficient (Wildman–Crippen LogP) is 1.55. The first kappa shape index (κ1) is 15.8. The number of hydrogen-bond acceptors (Lipinski definition) is 5. The van der Waals surface area contributed by atoms with Gasteiger partial charge in [-0.3, -0.25) is 14.9 Å². The summed E-state index contributed by atoms with van der Waals surface area (Å²) in [5.74, 6) is -0.268. The Hall–Kier alpha value is -1.18. The van der Waals surface area contributed by atoms with Gasteiger partial charge in [0.1, 0.15) is 0 Å². The first-order valence-corrected chi connectivity index (χ1v) is 5.69. The van der Waals surface area contributed by atoms with Gasteiger partial charge in [0.2, 0.25) is 0 Å². The molecule has 0 atom stereocenters. The smallest absolute Gasteiger partial charge is 0.324 e. The van der Waals surface area contributed by atoms with Crippen LogP contribution in [0.15, 0.2) is 12.1 Å². The Kier molecular flexibility index (Phi) is 7.44. The fourth-order valence-electron chi connectivity index (χ4n) is 1.11. The van der Waals surface area contributed by atoms with E-state index in [2.05, 4.69) is 5.32 Å². The van der Waals surface area contributed by atoms with Crippen molar-refractivity contribution in [3.05, 3.63) is 27.1 Å². The minimum atomic E-state index is -0.504. The average molecular weight is 280 g/mol. The van der Waals surface area contributed by atoms with Crippen molar-refractivity contribution in [2.24, 2.45) is 5.73 Å². The van der Waals surface area contributed by atoms with Crippen LogP contribution in [0.3, 0.4) is 0 Å². The van der Waals surface area contributed by atoms with Crippen LogP contribution in [0.1, 0.15) is 22.5 Å². The molecule has 0 aliphatic carbocycles. The molecule has 1 rings (SSSR count). The molecule has 0 aliphatic rings. The minimum absolute atomic E-state index is 0. The molecule has 17 heavy (non-hydrogen) atoms. The van der Waals surface area contributed by atoms with E-state index < -0.39 is 4.92 Å². The zero-order valence-corrected chi connectivity index (χ0v) is 10.7. The third kappa shape index (κ3) is 5.12. The number of nitrogens with two attached hydrogens (primary N) is 1. The SMILES string of the molecule is Cl.NCCCCNC(=O)c1ccc([N+](=O)[O-])s1. The number of carbonyl (C=O) groups is 1. The normalized spacial score (nSPS) is 9.47. The van der Waals surface area contributed by atoms with E-state index in [0.29, 0.717) is 18.0 Å². The van der Waals surface area contributed by atoms with E-state index in [1.807, 2.05) is 0 Å². The fraction of sp³-hybridized carbons (Fsp3) is 0.444. The van der Waals surface area contributed by atoms with Crippen LogP contribution < -0.4 is 11.1 Å². The summed E-state index contributed by atoms with van der Waals surface area (Å²) in [7, 11) is 0. The molecule has 0 aromatic carbocycles. The molecule has 0 spiro atoms. The lowest BCUT2D eigenvalue weighted by atomic mass is 10.3. The largest absolute Gasteiger partial charge is 0.351 e. The predicted molar refractivity (Wildman–Crippen MR) is 68.8 cm³/mol. The minimum Gasteiger partial charge on any atom is -0.351 e. The molecule has 0 aliphatic heterocycles. The van der Waals surface area contributed by atoms with E-state index in [0.717, 1.165) is 24.2 Å². The number of nitrogens with zero attached hydrogens (tertiary/aromatic N) is 1. The molecule has 1 aromatic heterocycles. The molecule has 6 nitrogen and oxygen atoms in total. The van der Waals surface area contributed by atoms with Crippen molar-refractivity contribution in [3.8, 4) is 0 Å². The third-order valence-electron chi connectivity index (χ3n) is 1.91. The molecule has 1 aromatic rings. The van der Waals surface area contributed by atoms with E-state index in [1.54, 1.807) is 0 Å². The second-order valence-electron chi connectivity index (χ2n) is 3.15. The maximum absolute atomic E-state index is 11.5. The van der Waals surface area contributed by atoms with Gasteiger partial charge in [-0.15, -0.1) is 12.4 Å². The standard InChI is InChI=1S/C9H13N3O3S.ClH/c10-5-1-2-6-11-9(13)7-3-4-8(16-7)12(14)15;/h3-4H,1-2,5-6,10H2,(H,11,13);1H. The lowest BCUT2D eigenvalue weighted by Crippen LogP contribution is -2.23. The lowest BCUT2D eigenvalue weighted by Gasteiger charge is -2.01. The topological polar surface area (TPSA) is 98.3 Å². The van der Waals surface area contributed by atoms with Crippen molar-refractivity contribution in [2.45, 2.75) is 12.8 Å². The molecular formula is C9H14ClN3O3S. The van der Waals surface area contributed by atoms with E-state index in [-0.39, 0.29) is 23.3 Å². The number of nitrogens with one attached hydrogen (secondary N) is 1. The molecule has 1 heterocycles. The summed E-state index contributed by atoms with van der Waals surface area (Å²) in [4.78, 5) is 21.8. The molecule has 3 N–H and O–H groups in total. The molecule has 96 valence electrons. The van der Waals surface area contributed by atoms with Crippen LogP contribution in [-0.2, 0) is 0 Å². The van der Waals surface area contributed by atoms with Gasteiger partial charge in [0.25, 0.3) is 5.91 Å². The number of carbonyl (C=O) groups excluding carboxylic acids is 1. The number of nitro groups is 1. The van der Waals surface area contributed by atoms with Gasteiger partial charge in [-0.1, -0.05) is 11.3 Å². The Morgan fingerprint density at radius 1 is 1.47 bits per heavy atom. The molecule has 1 amide bonds. The number of hydrogen-bond donors (Lipinski definition) is 2. The highest BCUT2D eigenvalue weighted by atomic mass is 35.5. The van der Waals surface area contributed by atoms with Gasteiger partial charge < -0.3 is 11.1 Å². The van der Waals surface area contributed by atoms with Crippen molar-refractivity contribution < 1.29 is 9.72 Å². The van der Waals surface area contributed by atoms with E-state index in [4.69, 9.17) is 5.73 Å². The fourth-order valence-corrected chi connectivity index (χ4v) is 1.84. The molecule has 0 radical (unpaired) electrons. The first-order chi connectivity index (χ1) is 7.65. The van der Waals surface area contributed by atoms with Gasteiger partial charge in [0.15, 0.2) is 0 Å². The summed E-state index contributed by atoms with van der Waals surface area (Å²) in [5, 5.41) is 13.1. The van der Waals surface area contributed by atoms with E-state index in [9.17, 15) is 14.9 Å². The number of unbranched alkanes of at least 4 members (excludes halogenated alkanes) is 1. The zero-order valence-electron chi connectivity index (χ0n) is 9.05. The van der Waals surface area contributed by atoms with Crippen LogP contribution in [0.2, 0.25) is 0 Å². The lowest BCUT2D eigenvalue weighted by molar-refractivity contribution is -0.380. The molecule has 0 saturated carbocycles. The van der Waals surface area contributed by atoms with E-state index >= 15 is 0 Å². The van der Waals surface area contributed by atoms with Crippen molar-refractivity contribution >= 4 is 34.7 Å². The van der Waals surface area contributed by atoms with Gasteiger partial charge in [-0.05, 0) is 25.5 Å². The number of amides is 1. The van der Waals surface area contributed by atoms with Gasteiger partial charge in [-0.2, -0.15) is 0 Å². The van der Waals surface area contributed by atoms with Gasteiger partial charge in [-0.25, -0.2) is 0 Å². The van der Waals surface area contributed by atoms with Crippen LogP contribution in [0.5, 0.6) is 0 Å². The number of rotatable bonds is 6. The van der Waals surface area contributed by atoms with Crippen molar-refractivity contribution in [3.63, 3.8) is 0 Å². The van der Waals surface area contributed by atoms with Crippen molar-refractivity contribution in [2.75, 3.05) is 13.1 Å². The molecule has 0 bridgehead atoms. The zero-order chi connectivity index (χ0) is 12.0. The Balaban J connectivity index is 0.00000256. The van der Waals surface area contributed by atoms with E-state index in [1.165, 1.54) is 12.1 Å². The van der Waals surface area contributed by atoms with Gasteiger partial charge >= 0.3 is 5.00 Å². The van der Waals surface area contributed by atoms with Crippen LogP contribution in [-0.4, -0.2) is 23.9 Å². The van der Waals surface area contributed by atoms with Crippen LogP contribution in [0, 0.1) is 10.1 Å². The molecule has 0 unspecified atom stereocenters. The van der Waals surface area contributed by atoms with Crippen LogP contribution in [0.4, 0.5) is 5.00 Å². The summed E-state index contributed by atoms with van der Waals surface area (Å²) in [6, 6.07) is 2.79. The molecule has 8 heteroatoms.